The molecule has 1 aromatic carbocycles. The number of carbonyl (C=O) groups is 1. The first kappa shape index (κ1) is 9.85. The van der Waals surface area contributed by atoms with Crippen LogP contribution in [0.25, 0.3) is 10.1 Å². The maximum Gasteiger partial charge on any atom is 0.335 e. The van der Waals surface area contributed by atoms with Gasteiger partial charge < -0.3 is 5.11 Å². The van der Waals surface area contributed by atoms with Gasteiger partial charge in [-0.15, -0.1) is 11.3 Å². The third-order valence-electron chi connectivity index (χ3n) is 1.80. The topological polar surface area (TPSA) is 37.3 Å². The fraction of sp³-hybridized carbons (Fsp3) is 0. The average molecular weight is 322 g/mol. The lowest BCUT2D eigenvalue weighted by Gasteiger charge is -1.97. The average Bonchev–Trinajstić information content (AvgIpc) is 2.45. The lowest BCUT2D eigenvalue weighted by molar-refractivity contribution is 0.0697. The van der Waals surface area contributed by atoms with Crippen molar-refractivity contribution in [2.45, 2.75) is 0 Å². The molecule has 2 nitrogen and oxygen atoms in total. The highest BCUT2D eigenvalue weighted by atomic mass is 127. The van der Waals surface area contributed by atoms with Crippen LogP contribution in [0.1, 0.15) is 10.4 Å². The minimum Gasteiger partial charge on any atom is -0.478 e. The smallest absolute Gasteiger partial charge is 0.335 e. The van der Waals surface area contributed by atoms with Gasteiger partial charge in [0.25, 0.3) is 0 Å². The minimum atomic E-state index is -0.987. The van der Waals surface area contributed by atoms with E-state index in [0.717, 1.165) is 20.3 Å². The predicted octanol–water partition coefficient (Wildman–Crippen LogP) is 3.34. The quantitative estimate of drug-likeness (QED) is 0.818. The first-order chi connectivity index (χ1) is 6.58. The summed E-state index contributed by atoms with van der Waals surface area (Å²) in [5.41, 5.74) is 0.198. The van der Waals surface area contributed by atoms with E-state index in [4.69, 9.17) is 5.11 Å². The highest BCUT2D eigenvalue weighted by Crippen LogP contribution is 2.29. The van der Waals surface area contributed by atoms with Gasteiger partial charge in [0.1, 0.15) is 0 Å². The second-order valence-electron chi connectivity index (χ2n) is 2.73. The first-order valence-electron chi connectivity index (χ1n) is 3.70. The summed E-state index contributed by atoms with van der Waals surface area (Å²) in [7, 11) is 0. The van der Waals surface area contributed by atoms with Gasteiger partial charge in [0.05, 0.1) is 5.56 Å². The summed E-state index contributed by atoms with van der Waals surface area (Å²) >= 11 is 2.97. The summed E-state index contributed by atoms with van der Waals surface area (Å²) in [5.74, 6) is -0.987. The van der Waals surface area contributed by atoms with Crippen molar-refractivity contribution in [3.8, 4) is 0 Å². The van der Waals surface area contributed by atoms with E-state index >= 15 is 0 Å². The maximum atomic E-state index is 12.9. The fourth-order valence-corrected chi connectivity index (χ4v) is 3.00. The largest absolute Gasteiger partial charge is 0.478 e. The number of fused-ring (bicyclic) bond motifs is 1. The molecule has 0 aliphatic heterocycles. The third kappa shape index (κ3) is 1.61. The third-order valence-corrected chi connectivity index (χ3v) is 3.57. The Balaban J connectivity index is 2.77. The number of thiophene rings is 1. The summed E-state index contributed by atoms with van der Waals surface area (Å²) in [6, 6.07) is 4.46. The molecule has 5 heteroatoms. The van der Waals surface area contributed by atoms with Crippen LogP contribution in [0.5, 0.6) is 0 Å². The molecule has 2 rings (SSSR count). The molecule has 14 heavy (non-hydrogen) atoms. The Morgan fingerprint density at radius 1 is 1.43 bits per heavy atom. The Morgan fingerprint density at radius 2 is 2.14 bits per heavy atom. The normalized spacial score (nSPS) is 10.7. The molecule has 2 aromatic rings. The van der Waals surface area contributed by atoms with Crippen LogP contribution in [-0.4, -0.2) is 11.1 Å². The van der Waals surface area contributed by atoms with Crippen molar-refractivity contribution < 1.29 is 14.3 Å². The van der Waals surface area contributed by atoms with Crippen LogP contribution >= 0.6 is 33.9 Å². The van der Waals surface area contributed by atoms with Gasteiger partial charge in [0.2, 0.25) is 0 Å². The number of carboxylic acids is 1. The molecule has 0 saturated carbocycles. The van der Waals surface area contributed by atoms with E-state index in [1.165, 1.54) is 18.2 Å². The molecular weight excluding hydrogens is 318 g/mol. The number of hydrogen-bond donors (Lipinski definition) is 1. The summed E-state index contributed by atoms with van der Waals surface area (Å²) in [5, 5.41) is 9.27. The molecule has 0 spiro atoms. The van der Waals surface area contributed by atoms with Crippen LogP contribution in [-0.2, 0) is 0 Å². The van der Waals surface area contributed by atoms with E-state index < -0.39 is 5.97 Å². The second kappa shape index (κ2) is 3.47. The zero-order chi connectivity index (χ0) is 10.3. The standard InChI is InChI=1S/C9H4FIO2S/c10-8-3-5-6(11)1-4(9(12)13)2-7(5)14-8/h1-3H,(H,12,13). The monoisotopic (exact) mass is 322 g/mol. The van der Waals surface area contributed by atoms with Crippen LogP contribution in [0, 0.1) is 8.70 Å². The van der Waals surface area contributed by atoms with E-state index in [9.17, 15) is 9.18 Å². The van der Waals surface area contributed by atoms with E-state index in [2.05, 4.69) is 0 Å². The Bertz CT molecular complexity index is 521. The van der Waals surface area contributed by atoms with Crippen molar-refractivity contribution in [2.75, 3.05) is 0 Å². The van der Waals surface area contributed by atoms with E-state index in [0.29, 0.717) is 4.70 Å². The van der Waals surface area contributed by atoms with Gasteiger partial charge in [-0.2, -0.15) is 4.39 Å². The second-order valence-corrected chi connectivity index (χ2v) is 4.92. The van der Waals surface area contributed by atoms with Crippen molar-refractivity contribution >= 4 is 50.0 Å². The molecule has 0 radical (unpaired) electrons. The van der Waals surface area contributed by atoms with Gasteiger partial charge >= 0.3 is 5.97 Å². The van der Waals surface area contributed by atoms with Gasteiger partial charge in [-0.25, -0.2) is 4.79 Å². The molecule has 0 aliphatic rings. The van der Waals surface area contributed by atoms with Gasteiger partial charge in [-0.05, 0) is 40.8 Å². The predicted molar refractivity (Wildman–Crippen MR) is 61.5 cm³/mol. The van der Waals surface area contributed by atoms with Gasteiger partial charge in [-0.3, -0.25) is 0 Å². The highest BCUT2D eigenvalue weighted by Gasteiger charge is 2.10. The van der Waals surface area contributed by atoms with Crippen molar-refractivity contribution in [1.29, 1.82) is 0 Å². The summed E-state index contributed by atoms with van der Waals surface area (Å²) in [4.78, 5) is 10.7. The molecular formula is C9H4FIO2S. The zero-order valence-electron chi connectivity index (χ0n) is 6.75. The van der Waals surface area contributed by atoms with Crippen LogP contribution in [0.2, 0.25) is 0 Å². The molecule has 0 amide bonds. The van der Waals surface area contributed by atoms with Gasteiger partial charge in [0, 0.05) is 13.7 Å². The Kier molecular flexibility index (Phi) is 2.44. The number of benzene rings is 1. The first-order valence-corrected chi connectivity index (χ1v) is 5.59. The number of aromatic carboxylic acids is 1. The molecule has 0 unspecified atom stereocenters. The summed E-state index contributed by atoms with van der Waals surface area (Å²) < 4.78 is 14.3. The number of carboxylic acid groups (broad SMARTS) is 1. The van der Waals surface area contributed by atoms with Crippen molar-refractivity contribution in [1.82, 2.24) is 0 Å². The van der Waals surface area contributed by atoms with Gasteiger partial charge in [-0.1, -0.05) is 0 Å². The fourth-order valence-electron chi connectivity index (χ4n) is 1.19. The van der Waals surface area contributed by atoms with E-state index in [1.54, 1.807) is 0 Å². The van der Waals surface area contributed by atoms with Crippen molar-refractivity contribution in [3.63, 3.8) is 0 Å². The number of hydrogen-bond acceptors (Lipinski definition) is 2. The van der Waals surface area contributed by atoms with E-state index in [-0.39, 0.29) is 10.7 Å². The van der Waals surface area contributed by atoms with Crippen molar-refractivity contribution in [2.24, 2.45) is 0 Å². The van der Waals surface area contributed by atoms with Crippen molar-refractivity contribution in [3.05, 3.63) is 32.5 Å². The van der Waals surface area contributed by atoms with Crippen LogP contribution in [0.3, 0.4) is 0 Å². The SMILES string of the molecule is O=C(O)c1cc(I)c2cc(F)sc2c1. The number of rotatable bonds is 1. The molecule has 0 atom stereocenters. The Morgan fingerprint density at radius 3 is 2.79 bits per heavy atom. The zero-order valence-corrected chi connectivity index (χ0v) is 9.73. The molecule has 1 heterocycles. The molecule has 0 aliphatic carbocycles. The Hall–Kier alpha value is -0.690. The molecule has 72 valence electrons. The van der Waals surface area contributed by atoms with Crippen LogP contribution in [0.4, 0.5) is 4.39 Å². The highest BCUT2D eigenvalue weighted by molar-refractivity contribution is 14.1. The van der Waals surface area contributed by atoms with Gasteiger partial charge in [0.15, 0.2) is 5.13 Å². The summed E-state index contributed by atoms with van der Waals surface area (Å²) in [6.45, 7) is 0. The van der Waals surface area contributed by atoms with Crippen LogP contribution < -0.4 is 0 Å². The lowest BCUT2D eigenvalue weighted by atomic mass is 10.2. The summed E-state index contributed by atoms with van der Waals surface area (Å²) in [6.07, 6.45) is 0. The molecule has 1 aromatic heterocycles. The molecule has 0 saturated heterocycles. The Labute approximate surface area is 96.5 Å². The van der Waals surface area contributed by atoms with E-state index in [1.807, 2.05) is 22.6 Å². The minimum absolute atomic E-state index is 0.198. The lowest BCUT2D eigenvalue weighted by Crippen LogP contribution is -1.95. The molecule has 1 N–H and O–H groups in total. The maximum absolute atomic E-state index is 12.9. The molecule has 0 bridgehead atoms. The number of halogens is 2. The van der Waals surface area contributed by atoms with Crippen LogP contribution in [0.15, 0.2) is 18.2 Å². The molecule has 0 fully saturated rings.